The molecular weight excluding hydrogens is 378 g/mol. The fourth-order valence-electron chi connectivity index (χ4n) is 2.98. The fraction of sp³-hybridized carbons (Fsp3) is 0.150. The van der Waals surface area contributed by atoms with E-state index in [4.69, 9.17) is 4.74 Å². The Morgan fingerprint density at radius 1 is 1.24 bits per heavy atom. The zero-order chi connectivity index (χ0) is 21.0. The molecule has 1 amide bonds. The van der Waals surface area contributed by atoms with E-state index in [0.717, 1.165) is 5.39 Å². The van der Waals surface area contributed by atoms with Crippen molar-refractivity contribution in [3.8, 4) is 5.75 Å². The van der Waals surface area contributed by atoms with Crippen LogP contribution in [0.15, 0.2) is 54.7 Å². The van der Waals surface area contributed by atoms with E-state index in [1.165, 1.54) is 25.3 Å². The van der Waals surface area contributed by atoms with Crippen LogP contribution >= 0.6 is 0 Å². The van der Waals surface area contributed by atoms with Gasteiger partial charge in [0.2, 0.25) is 0 Å². The Morgan fingerprint density at radius 3 is 2.69 bits per heavy atom. The number of ether oxygens (including phenoxy) is 1. The van der Waals surface area contributed by atoms with E-state index in [2.05, 4.69) is 10.3 Å². The molecule has 0 radical (unpaired) electrons. The number of non-ortho nitro benzene ring substituents is 1. The number of hydrogen-bond donors (Lipinski definition) is 2. The minimum atomic E-state index is -1.32. The van der Waals surface area contributed by atoms with Gasteiger partial charge in [-0.1, -0.05) is 18.2 Å². The minimum Gasteiger partial charge on any atom is -0.496 e. The third kappa shape index (κ3) is 4.29. The van der Waals surface area contributed by atoms with E-state index in [0.29, 0.717) is 16.8 Å². The van der Waals surface area contributed by atoms with E-state index in [1.807, 2.05) is 0 Å². The number of amides is 1. The molecule has 29 heavy (non-hydrogen) atoms. The van der Waals surface area contributed by atoms with Gasteiger partial charge < -0.3 is 15.2 Å². The maximum Gasteiger partial charge on any atom is 0.326 e. The molecule has 0 unspecified atom stereocenters. The Bertz CT molecular complexity index is 1090. The fourth-order valence-corrected chi connectivity index (χ4v) is 2.98. The summed E-state index contributed by atoms with van der Waals surface area (Å²) in [5.41, 5.74) is 0.782. The molecule has 148 valence electrons. The number of nitrogens with zero attached hydrogens (tertiary/aromatic N) is 2. The van der Waals surface area contributed by atoms with Gasteiger partial charge in [0.25, 0.3) is 11.6 Å². The lowest BCUT2D eigenvalue weighted by Crippen LogP contribution is -2.42. The number of para-hydroxylation sites is 1. The van der Waals surface area contributed by atoms with Crippen molar-refractivity contribution in [1.29, 1.82) is 0 Å². The van der Waals surface area contributed by atoms with Crippen LogP contribution in [0, 0.1) is 10.1 Å². The Balaban J connectivity index is 1.89. The van der Waals surface area contributed by atoms with Gasteiger partial charge in [-0.3, -0.25) is 19.9 Å². The quantitative estimate of drug-likeness (QED) is 0.464. The van der Waals surface area contributed by atoms with Gasteiger partial charge in [-0.05, 0) is 18.2 Å². The monoisotopic (exact) mass is 395 g/mol. The number of nitrogens with one attached hydrogen (secondary N) is 1. The first-order valence-corrected chi connectivity index (χ1v) is 8.59. The smallest absolute Gasteiger partial charge is 0.326 e. The van der Waals surface area contributed by atoms with Crippen molar-refractivity contribution < 1.29 is 24.4 Å². The van der Waals surface area contributed by atoms with Crippen molar-refractivity contribution in [3.05, 3.63) is 76.0 Å². The molecule has 9 nitrogen and oxygen atoms in total. The molecule has 0 aliphatic rings. The predicted octanol–water partition coefficient (Wildman–Crippen LogP) is 2.58. The molecule has 0 spiro atoms. The van der Waals surface area contributed by atoms with Gasteiger partial charge in [-0.2, -0.15) is 0 Å². The second-order valence-electron chi connectivity index (χ2n) is 6.20. The van der Waals surface area contributed by atoms with Crippen molar-refractivity contribution in [2.75, 3.05) is 7.11 Å². The molecule has 2 aromatic carbocycles. The molecule has 0 fully saturated rings. The SMILES string of the molecule is COc1ccc([N+](=O)[O-])cc1C[C@@H](NC(=O)c1cccc2cccnc12)C(=O)O. The lowest BCUT2D eigenvalue weighted by Gasteiger charge is -2.17. The van der Waals surface area contributed by atoms with Crippen molar-refractivity contribution >= 4 is 28.5 Å². The third-order valence-corrected chi connectivity index (χ3v) is 4.38. The maximum atomic E-state index is 12.7. The highest BCUT2D eigenvalue weighted by Gasteiger charge is 2.25. The number of hydrogen-bond acceptors (Lipinski definition) is 6. The summed E-state index contributed by atoms with van der Waals surface area (Å²) in [5, 5.41) is 23.8. The van der Waals surface area contributed by atoms with Crippen LogP contribution in [0.25, 0.3) is 10.9 Å². The average Bonchev–Trinajstić information content (AvgIpc) is 2.72. The van der Waals surface area contributed by atoms with E-state index in [9.17, 15) is 24.8 Å². The largest absolute Gasteiger partial charge is 0.496 e. The van der Waals surface area contributed by atoms with Gasteiger partial charge in [0.05, 0.1) is 23.1 Å². The van der Waals surface area contributed by atoms with Gasteiger partial charge in [0.1, 0.15) is 11.8 Å². The normalized spacial score (nSPS) is 11.6. The number of pyridine rings is 1. The van der Waals surface area contributed by atoms with E-state index < -0.39 is 22.8 Å². The molecule has 0 saturated carbocycles. The van der Waals surface area contributed by atoms with Crippen molar-refractivity contribution in [1.82, 2.24) is 10.3 Å². The molecule has 1 atom stereocenters. The van der Waals surface area contributed by atoms with Crippen LogP contribution in [0.2, 0.25) is 0 Å². The summed E-state index contributed by atoms with van der Waals surface area (Å²) in [5.74, 6) is -1.59. The second-order valence-corrected chi connectivity index (χ2v) is 6.20. The molecule has 2 N–H and O–H groups in total. The molecule has 0 saturated heterocycles. The minimum absolute atomic E-state index is 0.190. The summed E-state index contributed by atoms with van der Waals surface area (Å²) in [6.45, 7) is 0. The summed E-state index contributed by atoms with van der Waals surface area (Å²) in [4.78, 5) is 39.1. The van der Waals surface area contributed by atoms with Crippen LogP contribution in [0.4, 0.5) is 5.69 Å². The highest BCUT2D eigenvalue weighted by atomic mass is 16.6. The number of aliphatic carboxylic acids is 1. The Kier molecular flexibility index (Phi) is 5.68. The predicted molar refractivity (Wildman–Crippen MR) is 104 cm³/mol. The molecule has 3 aromatic rings. The Morgan fingerprint density at radius 2 is 2.00 bits per heavy atom. The standard InChI is InChI=1S/C20H17N3O6/c1-29-17-8-7-14(23(27)28)10-13(17)11-16(20(25)26)22-19(24)15-6-2-4-12-5-3-9-21-18(12)15/h2-10,16H,11H2,1H3,(H,22,24)(H,25,26)/t16-/m1/s1. The number of nitro groups is 1. The van der Waals surface area contributed by atoms with Crippen LogP contribution in [0.5, 0.6) is 5.75 Å². The zero-order valence-electron chi connectivity index (χ0n) is 15.4. The molecular formula is C20H17N3O6. The average molecular weight is 395 g/mol. The molecule has 0 aliphatic heterocycles. The molecule has 1 aromatic heterocycles. The van der Waals surface area contributed by atoms with Crippen molar-refractivity contribution in [2.45, 2.75) is 12.5 Å². The summed E-state index contributed by atoms with van der Waals surface area (Å²) in [6, 6.07) is 11.1. The van der Waals surface area contributed by atoms with Gasteiger partial charge in [0, 0.05) is 35.7 Å². The second kappa shape index (κ2) is 8.34. The van der Waals surface area contributed by atoms with Gasteiger partial charge >= 0.3 is 5.97 Å². The number of aromatic nitrogens is 1. The number of fused-ring (bicyclic) bond motifs is 1. The van der Waals surface area contributed by atoms with Crippen molar-refractivity contribution in [2.24, 2.45) is 0 Å². The van der Waals surface area contributed by atoms with Crippen LogP contribution in [-0.4, -0.2) is 40.0 Å². The number of benzene rings is 2. The Labute approximate surface area is 165 Å². The number of methoxy groups -OCH3 is 1. The first-order valence-electron chi connectivity index (χ1n) is 8.59. The number of nitro benzene ring substituents is 1. The topological polar surface area (TPSA) is 132 Å². The highest BCUT2D eigenvalue weighted by molar-refractivity contribution is 6.06. The summed E-state index contributed by atoms with van der Waals surface area (Å²) in [7, 11) is 1.38. The third-order valence-electron chi connectivity index (χ3n) is 4.38. The number of rotatable bonds is 7. The van der Waals surface area contributed by atoms with Crippen LogP contribution < -0.4 is 10.1 Å². The van der Waals surface area contributed by atoms with Crippen LogP contribution in [-0.2, 0) is 11.2 Å². The molecule has 0 bridgehead atoms. The zero-order valence-corrected chi connectivity index (χ0v) is 15.4. The first kappa shape index (κ1) is 19.7. The molecule has 1 heterocycles. The van der Waals surface area contributed by atoms with E-state index in [-0.39, 0.29) is 17.7 Å². The molecule has 0 aliphatic carbocycles. The van der Waals surface area contributed by atoms with Gasteiger partial charge in [-0.25, -0.2) is 4.79 Å². The number of carboxylic acid groups (broad SMARTS) is 1. The number of carboxylic acids is 1. The molecule has 3 rings (SSSR count). The first-order chi connectivity index (χ1) is 13.9. The lowest BCUT2D eigenvalue weighted by molar-refractivity contribution is -0.384. The summed E-state index contributed by atoms with van der Waals surface area (Å²) < 4.78 is 5.17. The highest BCUT2D eigenvalue weighted by Crippen LogP contribution is 2.25. The molecule has 9 heteroatoms. The van der Waals surface area contributed by atoms with Gasteiger partial charge in [-0.15, -0.1) is 0 Å². The van der Waals surface area contributed by atoms with Gasteiger partial charge in [0.15, 0.2) is 0 Å². The lowest BCUT2D eigenvalue weighted by atomic mass is 10.0. The summed E-state index contributed by atoms with van der Waals surface area (Å²) in [6.07, 6.45) is 1.35. The van der Waals surface area contributed by atoms with Crippen LogP contribution in [0.3, 0.4) is 0 Å². The van der Waals surface area contributed by atoms with E-state index in [1.54, 1.807) is 36.5 Å². The van der Waals surface area contributed by atoms with Crippen LogP contribution in [0.1, 0.15) is 15.9 Å². The summed E-state index contributed by atoms with van der Waals surface area (Å²) >= 11 is 0. The number of carbonyl (C=O) groups excluding carboxylic acids is 1. The van der Waals surface area contributed by atoms with E-state index >= 15 is 0 Å². The number of carbonyl (C=O) groups is 2. The Hall–Kier alpha value is -4.01. The maximum absolute atomic E-state index is 12.7. The van der Waals surface area contributed by atoms with Crippen molar-refractivity contribution in [3.63, 3.8) is 0 Å².